The zero-order chi connectivity index (χ0) is 14.4. The van der Waals surface area contributed by atoms with Gasteiger partial charge in [-0.3, -0.25) is 9.48 Å². The second-order valence-corrected chi connectivity index (χ2v) is 8.06. The van der Waals surface area contributed by atoms with Gasteiger partial charge in [-0.1, -0.05) is 0 Å². The van der Waals surface area contributed by atoms with Gasteiger partial charge in [0, 0.05) is 12.8 Å². The monoisotopic (exact) mass is 298 g/mol. The van der Waals surface area contributed by atoms with E-state index in [4.69, 9.17) is 4.74 Å². The Labute approximate surface area is 118 Å². The Bertz CT molecular complexity index is 631. The number of rotatable bonds is 3. The van der Waals surface area contributed by atoms with E-state index in [1.54, 1.807) is 10.9 Å². The minimum atomic E-state index is -3.01. The Balaban J connectivity index is 1.97. The third-order valence-corrected chi connectivity index (χ3v) is 6.06. The number of ether oxygens (including phenoxy) is 1. The van der Waals surface area contributed by atoms with Gasteiger partial charge in [0.25, 0.3) is 0 Å². The molecular formula is C13H18N2O4S. The van der Waals surface area contributed by atoms with Crippen LogP contribution in [0.2, 0.25) is 0 Å². The zero-order valence-corrected chi connectivity index (χ0v) is 12.2. The standard InChI is InChI=1S/C13H18N2O4S/c1-13(4-6-20(17,18)9-13)15-7-10(8-16)12(14-15)11-3-2-5-19-11/h7-8,11H,2-6,9H2,1H3. The van der Waals surface area contributed by atoms with Gasteiger partial charge in [0.05, 0.1) is 22.6 Å². The molecule has 0 aromatic carbocycles. The van der Waals surface area contributed by atoms with E-state index < -0.39 is 15.4 Å². The number of carbonyl (C=O) groups is 1. The molecule has 2 aliphatic rings. The molecule has 0 amide bonds. The third kappa shape index (κ3) is 2.29. The quantitative estimate of drug-likeness (QED) is 0.780. The minimum absolute atomic E-state index is 0.0743. The first-order valence-corrected chi connectivity index (χ1v) is 8.63. The topological polar surface area (TPSA) is 78.3 Å². The Morgan fingerprint density at radius 1 is 1.55 bits per heavy atom. The van der Waals surface area contributed by atoms with Gasteiger partial charge < -0.3 is 4.74 Å². The van der Waals surface area contributed by atoms with Gasteiger partial charge in [-0.05, 0) is 26.2 Å². The number of nitrogens with zero attached hydrogens (tertiary/aromatic N) is 2. The molecule has 0 aliphatic carbocycles. The highest BCUT2D eigenvalue weighted by atomic mass is 32.2. The van der Waals surface area contributed by atoms with E-state index in [9.17, 15) is 13.2 Å². The maximum Gasteiger partial charge on any atom is 0.153 e. The van der Waals surface area contributed by atoms with Gasteiger partial charge in [-0.15, -0.1) is 0 Å². The Hall–Kier alpha value is -1.21. The van der Waals surface area contributed by atoms with E-state index in [1.807, 2.05) is 6.92 Å². The number of carbonyl (C=O) groups excluding carboxylic acids is 1. The molecule has 2 atom stereocenters. The van der Waals surface area contributed by atoms with Crippen LogP contribution in [0.25, 0.3) is 0 Å². The van der Waals surface area contributed by atoms with Crippen molar-refractivity contribution < 1.29 is 17.9 Å². The molecule has 0 radical (unpaired) electrons. The fraction of sp³-hybridized carbons (Fsp3) is 0.692. The summed E-state index contributed by atoms with van der Waals surface area (Å²) in [5, 5.41) is 4.48. The molecule has 20 heavy (non-hydrogen) atoms. The average molecular weight is 298 g/mol. The van der Waals surface area contributed by atoms with Crippen molar-refractivity contribution in [3.05, 3.63) is 17.5 Å². The second-order valence-electron chi connectivity index (χ2n) is 5.87. The lowest BCUT2D eigenvalue weighted by Crippen LogP contribution is -2.32. The summed E-state index contributed by atoms with van der Waals surface area (Å²) in [4.78, 5) is 11.2. The van der Waals surface area contributed by atoms with Crippen molar-refractivity contribution in [1.82, 2.24) is 9.78 Å². The van der Waals surface area contributed by atoms with Gasteiger partial charge in [-0.2, -0.15) is 5.10 Å². The van der Waals surface area contributed by atoms with Crippen molar-refractivity contribution in [2.75, 3.05) is 18.1 Å². The Morgan fingerprint density at radius 2 is 2.35 bits per heavy atom. The van der Waals surface area contributed by atoms with Crippen LogP contribution < -0.4 is 0 Å². The summed E-state index contributed by atoms with van der Waals surface area (Å²) in [6.07, 6.45) is 4.63. The van der Waals surface area contributed by atoms with Crippen molar-refractivity contribution in [2.45, 2.75) is 37.8 Å². The molecule has 110 valence electrons. The number of sulfone groups is 1. The number of aromatic nitrogens is 2. The molecule has 0 bridgehead atoms. The third-order valence-electron chi connectivity index (χ3n) is 4.17. The maximum atomic E-state index is 11.7. The molecule has 2 fully saturated rings. The molecular weight excluding hydrogens is 280 g/mol. The fourth-order valence-corrected chi connectivity index (χ4v) is 5.10. The zero-order valence-electron chi connectivity index (χ0n) is 11.4. The number of hydrogen-bond acceptors (Lipinski definition) is 5. The first-order chi connectivity index (χ1) is 9.43. The average Bonchev–Trinajstić information content (AvgIpc) is 3.07. The lowest BCUT2D eigenvalue weighted by Gasteiger charge is -2.22. The molecule has 0 saturated carbocycles. The van der Waals surface area contributed by atoms with Crippen molar-refractivity contribution in [3.8, 4) is 0 Å². The fourth-order valence-electron chi connectivity index (χ4n) is 2.99. The Kier molecular flexibility index (Phi) is 3.21. The summed E-state index contributed by atoms with van der Waals surface area (Å²) in [6, 6.07) is 0. The molecule has 3 heterocycles. The highest BCUT2D eigenvalue weighted by Gasteiger charge is 2.41. The van der Waals surface area contributed by atoms with Crippen LogP contribution in [-0.4, -0.2) is 42.6 Å². The molecule has 1 aromatic heterocycles. The van der Waals surface area contributed by atoms with E-state index in [2.05, 4.69) is 5.10 Å². The van der Waals surface area contributed by atoms with E-state index in [1.165, 1.54) is 0 Å². The lowest BCUT2D eigenvalue weighted by molar-refractivity contribution is 0.103. The minimum Gasteiger partial charge on any atom is -0.372 e. The van der Waals surface area contributed by atoms with Gasteiger partial charge >= 0.3 is 0 Å². The summed E-state index contributed by atoms with van der Waals surface area (Å²) in [5.74, 6) is 0.250. The molecule has 2 aliphatic heterocycles. The summed E-state index contributed by atoms with van der Waals surface area (Å²) in [5.41, 5.74) is 0.582. The van der Waals surface area contributed by atoms with Gasteiger partial charge in [0.2, 0.25) is 0 Å². The van der Waals surface area contributed by atoms with Gasteiger partial charge in [0.15, 0.2) is 16.1 Å². The SMILES string of the molecule is CC1(n2cc(C=O)c(C3CCCO3)n2)CCS(=O)(=O)C1. The van der Waals surface area contributed by atoms with Crippen LogP contribution in [0.1, 0.15) is 48.3 Å². The summed E-state index contributed by atoms with van der Waals surface area (Å²) >= 11 is 0. The first kappa shape index (κ1) is 13.8. The van der Waals surface area contributed by atoms with Crippen LogP contribution in [0.5, 0.6) is 0 Å². The molecule has 7 heteroatoms. The van der Waals surface area contributed by atoms with Gasteiger partial charge in [0.1, 0.15) is 11.8 Å². The first-order valence-electron chi connectivity index (χ1n) is 6.81. The predicted molar refractivity (Wildman–Crippen MR) is 72.5 cm³/mol. The van der Waals surface area contributed by atoms with E-state index in [0.717, 1.165) is 19.1 Å². The van der Waals surface area contributed by atoms with Crippen LogP contribution in [0.4, 0.5) is 0 Å². The summed E-state index contributed by atoms with van der Waals surface area (Å²) < 4.78 is 30.6. The molecule has 6 nitrogen and oxygen atoms in total. The molecule has 0 spiro atoms. The highest BCUT2D eigenvalue weighted by Crippen LogP contribution is 2.34. The van der Waals surface area contributed by atoms with Crippen LogP contribution in [0.15, 0.2) is 6.20 Å². The van der Waals surface area contributed by atoms with Gasteiger partial charge in [-0.25, -0.2) is 8.42 Å². The van der Waals surface area contributed by atoms with Crippen molar-refractivity contribution in [1.29, 1.82) is 0 Å². The lowest BCUT2D eigenvalue weighted by atomic mass is 10.0. The van der Waals surface area contributed by atoms with E-state index in [0.29, 0.717) is 24.3 Å². The molecule has 2 saturated heterocycles. The smallest absolute Gasteiger partial charge is 0.153 e. The normalized spacial score (nSPS) is 32.5. The highest BCUT2D eigenvalue weighted by molar-refractivity contribution is 7.91. The van der Waals surface area contributed by atoms with Crippen LogP contribution in [-0.2, 0) is 20.1 Å². The van der Waals surface area contributed by atoms with Crippen molar-refractivity contribution >= 4 is 16.1 Å². The van der Waals surface area contributed by atoms with Crippen molar-refractivity contribution in [3.63, 3.8) is 0 Å². The maximum absolute atomic E-state index is 11.7. The molecule has 1 aromatic rings. The summed E-state index contributed by atoms with van der Waals surface area (Å²) in [7, 11) is -3.01. The molecule has 2 unspecified atom stereocenters. The van der Waals surface area contributed by atoms with Crippen LogP contribution in [0, 0.1) is 0 Å². The number of aldehydes is 1. The molecule has 0 N–H and O–H groups in total. The van der Waals surface area contributed by atoms with E-state index in [-0.39, 0.29) is 17.6 Å². The molecule has 3 rings (SSSR count). The van der Waals surface area contributed by atoms with E-state index >= 15 is 0 Å². The largest absolute Gasteiger partial charge is 0.372 e. The predicted octanol–water partition coefficient (Wildman–Crippen LogP) is 1.08. The summed E-state index contributed by atoms with van der Waals surface area (Å²) in [6.45, 7) is 2.56. The number of hydrogen-bond donors (Lipinski definition) is 0. The van der Waals surface area contributed by atoms with Crippen LogP contribution >= 0.6 is 0 Å². The van der Waals surface area contributed by atoms with Crippen molar-refractivity contribution in [2.24, 2.45) is 0 Å². The second kappa shape index (κ2) is 4.66. The van der Waals surface area contributed by atoms with Crippen LogP contribution in [0.3, 0.4) is 0 Å². The Morgan fingerprint density at radius 3 is 2.90 bits per heavy atom.